The van der Waals surface area contributed by atoms with Crippen LogP contribution in [0.15, 0.2) is 66.7 Å². The van der Waals surface area contributed by atoms with Gasteiger partial charge in [0, 0.05) is 34.3 Å². The van der Waals surface area contributed by atoms with Gasteiger partial charge in [0.15, 0.2) is 0 Å². The number of benzene rings is 4. The van der Waals surface area contributed by atoms with E-state index in [9.17, 15) is 14.6 Å². The van der Waals surface area contributed by atoms with Gasteiger partial charge in [-0.05, 0) is 29.0 Å². The summed E-state index contributed by atoms with van der Waals surface area (Å²) in [4.78, 5) is 0. The van der Waals surface area contributed by atoms with Crippen molar-refractivity contribution in [2.24, 2.45) is 0 Å². The molecule has 0 aliphatic rings. The van der Waals surface area contributed by atoms with Gasteiger partial charge in [-0.1, -0.05) is 36.4 Å². The van der Waals surface area contributed by atoms with Crippen LogP contribution in [-0.4, -0.2) is 10.2 Å². The summed E-state index contributed by atoms with van der Waals surface area (Å²) in [7, 11) is 0. The van der Waals surface area contributed by atoms with E-state index in [1.165, 1.54) is 18.2 Å². The Hall–Kier alpha value is -3.47. The largest absolute Gasteiger partial charge is 0.508 e. The number of phenolic OH excluding ortho intramolecular Hbond substituents is 2. The van der Waals surface area contributed by atoms with Crippen LogP contribution in [0.2, 0.25) is 0 Å². The summed E-state index contributed by atoms with van der Waals surface area (Å²) in [5.74, 6) is -0.100. The normalized spacial score (nSPS) is 10.4. The predicted octanol–water partition coefficient (Wildman–Crippen LogP) is 4.39. The van der Waals surface area contributed by atoms with Gasteiger partial charge in [-0.2, -0.15) is 0 Å². The molecule has 0 radical (unpaired) electrons. The fraction of sp³-hybridized carbons (Fsp3) is 0. The van der Waals surface area contributed by atoms with Crippen molar-refractivity contribution in [2.75, 3.05) is 11.5 Å². The van der Waals surface area contributed by atoms with Gasteiger partial charge < -0.3 is 21.7 Å². The average molecular weight is 336 g/mol. The van der Waals surface area contributed by atoms with Crippen LogP contribution in [-0.2, 0) is 0 Å². The fourth-order valence-electron chi connectivity index (χ4n) is 2.72. The number of rotatable bonds is 0. The number of halogens is 1. The summed E-state index contributed by atoms with van der Waals surface area (Å²) in [6.07, 6.45) is 0. The van der Waals surface area contributed by atoms with Crippen molar-refractivity contribution in [1.29, 1.82) is 0 Å². The predicted molar refractivity (Wildman–Crippen MR) is 100 cm³/mol. The second kappa shape index (κ2) is 6.57. The number of hydrogen-bond donors (Lipinski definition) is 4. The monoisotopic (exact) mass is 336 g/mol. The Morgan fingerprint density at radius 2 is 1.28 bits per heavy atom. The van der Waals surface area contributed by atoms with Crippen LogP contribution in [0.4, 0.5) is 15.8 Å². The lowest BCUT2D eigenvalue weighted by Gasteiger charge is -2.03. The lowest BCUT2D eigenvalue weighted by Crippen LogP contribution is -1.89. The second-order valence-corrected chi connectivity index (χ2v) is 5.63. The third kappa shape index (κ3) is 3.40. The highest BCUT2D eigenvalue weighted by Crippen LogP contribution is 2.28. The molecule has 0 amide bonds. The van der Waals surface area contributed by atoms with E-state index in [1.807, 2.05) is 24.3 Å². The molecule has 4 rings (SSSR count). The highest BCUT2D eigenvalue weighted by Gasteiger charge is 2.04. The van der Waals surface area contributed by atoms with E-state index in [0.29, 0.717) is 16.5 Å². The maximum absolute atomic E-state index is 13.2. The van der Waals surface area contributed by atoms with Crippen molar-refractivity contribution in [1.82, 2.24) is 0 Å². The number of nitrogen functional groups attached to an aromatic ring is 2. The van der Waals surface area contributed by atoms with E-state index in [0.717, 1.165) is 10.8 Å². The van der Waals surface area contributed by atoms with E-state index in [-0.39, 0.29) is 23.0 Å². The molecule has 0 atom stereocenters. The SMILES string of the molecule is Nc1cc(O)cc2cccc(F)c12.Nc1cc(O)cc2ccccc12. The molecule has 0 unspecified atom stereocenters. The first kappa shape index (κ1) is 16.4. The molecule has 0 aliphatic heterocycles. The van der Waals surface area contributed by atoms with Gasteiger partial charge in [-0.25, -0.2) is 4.39 Å². The quantitative estimate of drug-likeness (QED) is 0.358. The first-order valence-electron chi connectivity index (χ1n) is 7.59. The molecule has 25 heavy (non-hydrogen) atoms. The number of hydrogen-bond acceptors (Lipinski definition) is 4. The third-order valence-corrected chi connectivity index (χ3v) is 3.82. The summed E-state index contributed by atoms with van der Waals surface area (Å²) in [5, 5.41) is 21.4. The first-order valence-corrected chi connectivity index (χ1v) is 7.59. The van der Waals surface area contributed by atoms with Crippen LogP contribution in [0.3, 0.4) is 0 Å². The van der Waals surface area contributed by atoms with Gasteiger partial charge in [0.1, 0.15) is 17.3 Å². The summed E-state index contributed by atoms with van der Waals surface area (Å²) in [5.41, 5.74) is 12.1. The number of anilines is 2. The van der Waals surface area contributed by atoms with Crippen LogP contribution < -0.4 is 11.5 Å². The minimum atomic E-state index is -0.366. The van der Waals surface area contributed by atoms with Crippen molar-refractivity contribution in [3.05, 3.63) is 72.5 Å². The van der Waals surface area contributed by atoms with Gasteiger partial charge in [0.05, 0.1) is 0 Å². The minimum Gasteiger partial charge on any atom is -0.508 e. The second-order valence-electron chi connectivity index (χ2n) is 5.63. The molecular formula is C20H17FN2O2. The van der Waals surface area contributed by atoms with Crippen molar-refractivity contribution < 1.29 is 14.6 Å². The molecule has 0 aliphatic carbocycles. The van der Waals surface area contributed by atoms with Gasteiger partial charge >= 0.3 is 0 Å². The molecule has 0 spiro atoms. The molecule has 4 aromatic carbocycles. The number of fused-ring (bicyclic) bond motifs is 2. The Morgan fingerprint density at radius 3 is 2.04 bits per heavy atom. The van der Waals surface area contributed by atoms with Crippen LogP contribution in [0.25, 0.3) is 21.5 Å². The average Bonchev–Trinajstić information content (AvgIpc) is 2.54. The zero-order valence-electron chi connectivity index (χ0n) is 13.3. The molecule has 0 aromatic heterocycles. The Kier molecular flexibility index (Phi) is 4.31. The van der Waals surface area contributed by atoms with E-state index in [1.54, 1.807) is 24.3 Å². The van der Waals surface area contributed by atoms with Gasteiger partial charge in [-0.3, -0.25) is 0 Å². The zero-order valence-corrected chi connectivity index (χ0v) is 13.3. The Balaban J connectivity index is 0.000000146. The van der Waals surface area contributed by atoms with Crippen molar-refractivity contribution >= 4 is 32.9 Å². The van der Waals surface area contributed by atoms with E-state index in [2.05, 4.69) is 0 Å². The number of nitrogens with two attached hydrogens (primary N) is 2. The molecule has 6 N–H and O–H groups in total. The number of phenols is 2. The molecule has 5 heteroatoms. The Labute approximate surface area is 143 Å². The maximum Gasteiger partial charge on any atom is 0.133 e. The molecule has 4 aromatic rings. The lowest BCUT2D eigenvalue weighted by atomic mass is 10.1. The van der Waals surface area contributed by atoms with E-state index < -0.39 is 0 Å². The molecule has 0 heterocycles. The van der Waals surface area contributed by atoms with E-state index in [4.69, 9.17) is 11.5 Å². The van der Waals surface area contributed by atoms with Gasteiger partial charge in [-0.15, -0.1) is 0 Å². The molecule has 0 saturated heterocycles. The summed E-state index contributed by atoms with van der Waals surface area (Å²) in [6.45, 7) is 0. The smallest absolute Gasteiger partial charge is 0.133 e. The molecular weight excluding hydrogens is 319 g/mol. The molecule has 0 bridgehead atoms. The summed E-state index contributed by atoms with van der Waals surface area (Å²) < 4.78 is 13.2. The number of aromatic hydroxyl groups is 2. The van der Waals surface area contributed by atoms with Crippen LogP contribution in [0.1, 0.15) is 0 Å². The molecule has 0 saturated carbocycles. The summed E-state index contributed by atoms with van der Waals surface area (Å²) >= 11 is 0. The van der Waals surface area contributed by atoms with Gasteiger partial charge in [0.2, 0.25) is 0 Å². The molecule has 4 nitrogen and oxygen atoms in total. The minimum absolute atomic E-state index is 0.0515. The first-order chi connectivity index (χ1) is 12.0. The van der Waals surface area contributed by atoms with Crippen LogP contribution in [0, 0.1) is 5.82 Å². The zero-order chi connectivity index (χ0) is 18.0. The molecule has 0 fully saturated rings. The highest BCUT2D eigenvalue weighted by atomic mass is 19.1. The van der Waals surface area contributed by atoms with Crippen molar-refractivity contribution in [3.63, 3.8) is 0 Å². The van der Waals surface area contributed by atoms with Crippen LogP contribution in [0.5, 0.6) is 11.5 Å². The van der Waals surface area contributed by atoms with Crippen LogP contribution >= 0.6 is 0 Å². The third-order valence-electron chi connectivity index (χ3n) is 3.82. The Morgan fingerprint density at radius 1 is 0.680 bits per heavy atom. The van der Waals surface area contributed by atoms with Gasteiger partial charge in [0.25, 0.3) is 0 Å². The summed E-state index contributed by atoms with van der Waals surface area (Å²) in [6, 6.07) is 18.4. The fourth-order valence-corrected chi connectivity index (χ4v) is 2.72. The maximum atomic E-state index is 13.2. The standard InChI is InChI=1S/C10H8FNO.C10H9NO/c11-8-3-1-2-6-4-7(13)5-9(12)10(6)8;11-10-6-8(12)5-7-3-1-2-4-9(7)10/h1-5,13H,12H2;1-6,12H,11H2. The topological polar surface area (TPSA) is 92.5 Å². The van der Waals surface area contributed by atoms with Crippen molar-refractivity contribution in [3.8, 4) is 11.5 Å². The highest BCUT2D eigenvalue weighted by molar-refractivity contribution is 5.95. The molecule has 126 valence electrons. The van der Waals surface area contributed by atoms with Crippen molar-refractivity contribution in [2.45, 2.75) is 0 Å². The lowest BCUT2D eigenvalue weighted by molar-refractivity contribution is 0.476. The van der Waals surface area contributed by atoms with E-state index >= 15 is 0 Å². The Bertz CT molecular complexity index is 1060.